The van der Waals surface area contributed by atoms with Gasteiger partial charge >= 0.3 is 6.18 Å². The molecule has 3 aromatic heterocycles. The van der Waals surface area contributed by atoms with Crippen molar-refractivity contribution in [3.8, 4) is 0 Å². The van der Waals surface area contributed by atoms with Crippen LogP contribution in [-0.4, -0.2) is 48.6 Å². The molecular formula is C28H33F3N6O. The zero-order chi connectivity index (χ0) is 26.2. The Morgan fingerprint density at radius 1 is 0.921 bits per heavy atom. The Kier molecular flexibility index (Phi) is 5.76. The molecule has 3 saturated carbocycles. The molecule has 3 aromatic rings. The van der Waals surface area contributed by atoms with Crippen molar-refractivity contribution in [3.63, 3.8) is 0 Å². The van der Waals surface area contributed by atoms with Crippen LogP contribution in [0.2, 0.25) is 0 Å². The molecule has 38 heavy (non-hydrogen) atoms. The van der Waals surface area contributed by atoms with Crippen LogP contribution in [0.1, 0.15) is 79.0 Å². The molecule has 3 unspecified atom stereocenters. The van der Waals surface area contributed by atoms with Gasteiger partial charge in [0.15, 0.2) is 5.65 Å². The van der Waals surface area contributed by atoms with Crippen LogP contribution in [0, 0.1) is 37.5 Å². The Labute approximate surface area is 219 Å². The smallest absolute Gasteiger partial charge is 0.378 e. The fourth-order valence-corrected chi connectivity index (χ4v) is 7.45. The van der Waals surface area contributed by atoms with Crippen LogP contribution in [0.3, 0.4) is 0 Å². The van der Waals surface area contributed by atoms with Gasteiger partial charge < -0.3 is 4.74 Å². The van der Waals surface area contributed by atoms with Gasteiger partial charge in [-0.15, -0.1) is 0 Å². The van der Waals surface area contributed by atoms with Crippen molar-refractivity contribution in [2.24, 2.45) is 23.7 Å². The van der Waals surface area contributed by atoms with Crippen LogP contribution in [-0.2, 0) is 17.7 Å². The summed E-state index contributed by atoms with van der Waals surface area (Å²) in [6.45, 7) is 5.31. The summed E-state index contributed by atoms with van der Waals surface area (Å²) in [7, 11) is 0. The highest BCUT2D eigenvalue weighted by Gasteiger charge is 2.56. The number of fused-ring (bicyclic) bond motifs is 4. The maximum Gasteiger partial charge on any atom is 0.392 e. The van der Waals surface area contributed by atoms with Gasteiger partial charge in [0.25, 0.3) is 0 Å². The van der Waals surface area contributed by atoms with Crippen molar-refractivity contribution in [3.05, 3.63) is 40.9 Å². The number of rotatable bonds is 3. The molecule has 7 nitrogen and oxygen atoms in total. The summed E-state index contributed by atoms with van der Waals surface area (Å²) in [5.74, 6) is -0.361. The molecule has 3 aliphatic carbocycles. The Bertz CT molecular complexity index is 1370. The van der Waals surface area contributed by atoms with E-state index in [2.05, 4.69) is 15.8 Å². The average molecular weight is 527 g/mol. The molecule has 8 rings (SSSR count). The number of halogens is 3. The summed E-state index contributed by atoms with van der Waals surface area (Å²) in [4.78, 5) is 19.5. The van der Waals surface area contributed by atoms with E-state index in [1.807, 2.05) is 20.0 Å². The van der Waals surface area contributed by atoms with E-state index in [4.69, 9.17) is 24.7 Å². The highest BCUT2D eigenvalue weighted by molar-refractivity contribution is 5.73. The van der Waals surface area contributed by atoms with E-state index in [0.717, 1.165) is 43.6 Å². The van der Waals surface area contributed by atoms with Gasteiger partial charge in [0.05, 0.1) is 29.1 Å². The number of alkyl halides is 3. The van der Waals surface area contributed by atoms with Crippen molar-refractivity contribution in [2.45, 2.75) is 89.5 Å². The summed E-state index contributed by atoms with van der Waals surface area (Å²) >= 11 is 0. The number of hydrogen-bond acceptors (Lipinski definition) is 6. The number of aromatic nitrogens is 6. The van der Waals surface area contributed by atoms with Gasteiger partial charge in [-0.05, 0) is 82.6 Å². The van der Waals surface area contributed by atoms with Crippen molar-refractivity contribution < 1.29 is 17.9 Å². The predicted molar refractivity (Wildman–Crippen MR) is 133 cm³/mol. The van der Waals surface area contributed by atoms with E-state index in [1.54, 1.807) is 0 Å². The largest absolute Gasteiger partial charge is 0.392 e. The molecule has 2 bridgehead atoms. The minimum absolute atomic E-state index is 0.0864. The summed E-state index contributed by atoms with van der Waals surface area (Å²) in [5.41, 5.74) is 4.58. The molecule has 0 N–H and O–H groups in total. The lowest BCUT2D eigenvalue weighted by Crippen LogP contribution is -2.47. The Morgan fingerprint density at radius 2 is 1.74 bits per heavy atom. The molecule has 202 valence electrons. The van der Waals surface area contributed by atoms with Gasteiger partial charge in [0.1, 0.15) is 11.3 Å². The predicted octanol–water partition coefficient (Wildman–Crippen LogP) is 5.45. The first-order valence-corrected chi connectivity index (χ1v) is 14.0. The SMILES string of the molecule is Cc1nc2nc(C3CCOC(C4CCn5nccc5C4)C3)nc([C@H]3C[C@@H](C(F)(F)F)C4CC3C4)c2nc1C. The van der Waals surface area contributed by atoms with Crippen LogP contribution in [0.15, 0.2) is 12.3 Å². The maximum atomic E-state index is 13.9. The van der Waals surface area contributed by atoms with E-state index in [9.17, 15) is 13.2 Å². The number of nitrogens with zero attached hydrogens (tertiary/aromatic N) is 6. The van der Waals surface area contributed by atoms with Crippen molar-refractivity contribution in [2.75, 3.05) is 6.61 Å². The molecule has 1 saturated heterocycles. The monoisotopic (exact) mass is 526 g/mol. The summed E-state index contributed by atoms with van der Waals surface area (Å²) in [6, 6.07) is 2.08. The topological polar surface area (TPSA) is 78.6 Å². The molecule has 0 amide bonds. The zero-order valence-electron chi connectivity index (χ0n) is 21.8. The van der Waals surface area contributed by atoms with E-state index in [0.29, 0.717) is 48.0 Å². The molecule has 5 aliphatic rings. The van der Waals surface area contributed by atoms with Crippen LogP contribution >= 0.6 is 0 Å². The summed E-state index contributed by atoms with van der Waals surface area (Å²) < 4.78 is 50.1. The van der Waals surface area contributed by atoms with Crippen LogP contribution < -0.4 is 0 Å². The molecule has 0 spiro atoms. The summed E-state index contributed by atoms with van der Waals surface area (Å²) in [5, 5.41) is 4.40. The third-order valence-corrected chi connectivity index (χ3v) is 9.81. The second kappa shape index (κ2) is 8.96. The quantitative estimate of drug-likeness (QED) is 0.452. The van der Waals surface area contributed by atoms with Crippen molar-refractivity contribution in [1.29, 1.82) is 0 Å². The minimum atomic E-state index is -4.18. The maximum absolute atomic E-state index is 13.9. The molecule has 4 fully saturated rings. The Balaban J connectivity index is 1.23. The second-order valence-corrected chi connectivity index (χ2v) is 11.9. The number of ether oxygens (including phenoxy) is 1. The molecule has 2 aliphatic heterocycles. The Hall–Kier alpha value is -2.62. The van der Waals surface area contributed by atoms with Gasteiger partial charge in [-0.25, -0.2) is 19.9 Å². The fourth-order valence-electron chi connectivity index (χ4n) is 7.45. The van der Waals surface area contributed by atoms with Gasteiger partial charge in [-0.2, -0.15) is 18.3 Å². The molecule has 5 heterocycles. The summed E-state index contributed by atoms with van der Waals surface area (Å²) in [6.07, 6.45) is 2.66. The third kappa shape index (κ3) is 4.10. The normalized spacial score (nSPS) is 33.1. The van der Waals surface area contributed by atoms with E-state index in [-0.39, 0.29) is 36.2 Å². The fraction of sp³-hybridized carbons (Fsp3) is 0.679. The second-order valence-electron chi connectivity index (χ2n) is 11.9. The minimum Gasteiger partial charge on any atom is -0.378 e. The number of aryl methyl sites for hydroxylation is 3. The standard InChI is InChI=1S/C28H33F3N6O/c1-14-15(2)34-27-25(33-14)24(21-13-22(28(29,30)31)19-9-18(21)10-19)35-26(36-27)17-5-8-38-23(12-17)16-4-7-37-20(11-16)3-6-32-37/h3,6,16-19,21-23H,4-5,7-13H2,1-2H3/t16?,17?,18?,19?,21-,22+,23?/m0/s1. The lowest BCUT2D eigenvalue weighted by Gasteiger charge is -2.51. The first-order valence-electron chi connectivity index (χ1n) is 14.0. The van der Waals surface area contributed by atoms with Gasteiger partial charge in [0.2, 0.25) is 0 Å². The van der Waals surface area contributed by atoms with Crippen molar-refractivity contribution >= 4 is 11.2 Å². The van der Waals surface area contributed by atoms with E-state index >= 15 is 0 Å². The average Bonchev–Trinajstić information content (AvgIpc) is 3.36. The zero-order valence-corrected chi connectivity index (χ0v) is 21.8. The van der Waals surface area contributed by atoms with Crippen molar-refractivity contribution in [1.82, 2.24) is 29.7 Å². The van der Waals surface area contributed by atoms with Crippen LogP contribution in [0.4, 0.5) is 13.2 Å². The van der Waals surface area contributed by atoms with Crippen LogP contribution in [0.25, 0.3) is 11.2 Å². The molecule has 10 heteroatoms. The first-order chi connectivity index (χ1) is 18.2. The van der Waals surface area contributed by atoms with Gasteiger partial charge in [-0.1, -0.05) is 0 Å². The van der Waals surface area contributed by atoms with Gasteiger partial charge in [-0.3, -0.25) is 4.68 Å². The molecule has 0 aromatic carbocycles. The molecule has 0 radical (unpaired) electrons. The lowest BCUT2D eigenvalue weighted by molar-refractivity contribution is -0.219. The van der Waals surface area contributed by atoms with Crippen LogP contribution in [0.5, 0.6) is 0 Å². The molecule has 5 atom stereocenters. The van der Waals surface area contributed by atoms with E-state index < -0.39 is 12.1 Å². The lowest BCUT2D eigenvalue weighted by atomic mass is 9.54. The van der Waals surface area contributed by atoms with Gasteiger partial charge in [0, 0.05) is 36.9 Å². The Morgan fingerprint density at radius 3 is 2.55 bits per heavy atom. The first kappa shape index (κ1) is 24.4. The third-order valence-electron chi connectivity index (χ3n) is 9.81. The highest BCUT2D eigenvalue weighted by Crippen LogP contribution is 2.59. The van der Waals surface area contributed by atoms with E-state index in [1.165, 1.54) is 5.69 Å². The highest BCUT2D eigenvalue weighted by atomic mass is 19.4. The number of hydrogen-bond donors (Lipinski definition) is 0. The molecular weight excluding hydrogens is 493 g/mol.